The number of benzene rings is 1. The summed E-state index contributed by atoms with van der Waals surface area (Å²) in [5, 5.41) is 2.39. The lowest BCUT2D eigenvalue weighted by Gasteiger charge is -2.04. The highest BCUT2D eigenvalue weighted by Gasteiger charge is 2.04. The monoisotopic (exact) mass is 261 g/mol. The molecule has 0 unspecified atom stereocenters. The van der Waals surface area contributed by atoms with E-state index in [1.807, 2.05) is 0 Å². The van der Waals surface area contributed by atoms with E-state index >= 15 is 0 Å². The van der Waals surface area contributed by atoms with E-state index in [1.54, 1.807) is 12.1 Å². The van der Waals surface area contributed by atoms with Crippen LogP contribution in [0.15, 0.2) is 22.7 Å². The number of hydrogen-bond acceptors (Lipinski definition) is 2. The third-order valence-corrected chi connectivity index (χ3v) is 2.12. The van der Waals surface area contributed by atoms with Gasteiger partial charge < -0.3 is 10.1 Å². The van der Waals surface area contributed by atoms with E-state index in [0.717, 1.165) is 0 Å². The number of rotatable bonds is 2. The minimum Gasteiger partial charge on any atom is -0.453 e. The van der Waals surface area contributed by atoms with Crippen molar-refractivity contribution in [2.45, 2.75) is 6.54 Å². The average Bonchev–Trinajstić information content (AvgIpc) is 2.16. The van der Waals surface area contributed by atoms with E-state index in [0.29, 0.717) is 10.0 Å². The number of amides is 1. The second kappa shape index (κ2) is 4.95. The van der Waals surface area contributed by atoms with Crippen molar-refractivity contribution in [3.63, 3.8) is 0 Å². The maximum atomic E-state index is 13.2. The molecule has 0 aliphatic heterocycles. The van der Waals surface area contributed by atoms with Crippen LogP contribution in [0.25, 0.3) is 0 Å². The molecule has 0 atom stereocenters. The Hall–Kier alpha value is -1.10. The number of methoxy groups -OCH3 is 1. The molecule has 0 radical (unpaired) electrons. The van der Waals surface area contributed by atoms with Gasteiger partial charge in [-0.15, -0.1) is 0 Å². The molecule has 1 aromatic carbocycles. The number of carbonyl (C=O) groups is 1. The summed E-state index contributed by atoms with van der Waals surface area (Å²) in [6.45, 7) is 0.117. The molecule has 5 heteroatoms. The highest BCUT2D eigenvalue weighted by Crippen LogP contribution is 2.14. The third kappa shape index (κ3) is 2.99. The molecule has 76 valence electrons. The van der Waals surface area contributed by atoms with Gasteiger partial charge in [0.2, 0.25) is 0 Å². The molecule has 0 aliphatic rings. The van der Waals surface area contributed by atoms with Crippen LogP contribution in [0.3, 0.4) is 0 Å². The van der Waals surface area contributed by atoms with Gasteiger partial charge in [0.1, 0.15) is 5.82 Å². The Labute approximate surface area is 89.4 Å². The summed E-state index contributed by atoms with van der Waals surface area (Å²) in [7, 11) is 1.26. The first kappa shape index (κ1) is 11.0. The SMILES string of the molecule is COC(=O)NCc1ccc(Br)cc1F. The van der Waals surface area contributed by atoms with Crippen LogP contribution in [0.4, 0.5) is 9.18 Å². The van der Waals surface area contributed by atoms with Crippen LogP contribution in [-0.2, 0) is 11.3 Å². The Kier molecular flexibility index (Phi) is 3.88. The Morgan fingerprint density at radius 2 is 2.36 bits per heavy atom. The second-order valence-corrected chi connectivity index (χ2v) is 3.50. The lowest BCUT2D eigenvalue weighted by Crippen LogP contribution is -2.22. The predicted octanol–water partition coefficient (Wildman–Crippen LogP) is 2.44. The van der Waals surface area contributed by atoms with Crippen LogP contribution < -0.4 is 5.32 Å². The molecule has 0 heterocycles. The molecular formula is C9H9BrFNO2. The van der Waals surface area contributed by atoms with E-state index < -0.39 is 6.09 Å². The number of carbonyl (C=O) groups excluding carboxylic acids is 1. The molecule has 1 amide bonds. The molecule has 1 N–H and O–H groups in total. The van der Waals surface area contributed by atoms with Gasteiger partial charge >= 0.3 is 6.09 Å². The molecule has 0 bridgehead atoms. The summed E-state index contributed by atoms with van der Waals surface area (Å²) >= 11 is 3.14. The van der Waals surface area contributed by atoms with Gasteiger partial charge in [0, 0.05) is 16.6 Å². The topological polar surface area (TPSA) is 38.3 Å². The molecule has 0 aromatic heterocycles. The fourth-order valence-corrected chi connectivity index (χ4v) is 1.24. The molecule has 1 aromatic rings. The minimum atomic E-state index is -0.577. The molecule has 0 aliphatic carbocycles. The van der Waals surface area contributed by atoms with Crippen LogP contribution in [0, 0.1) is 5.82 Å². The molecule has 3 nitrogen and oxygen atoms in total. The molecule has 1 rings (SSSR count). The van der Waals surface area contributed by atoms with Crippen LogP contribution >= 0.6 is 15.9 Å². The zero-order valence-electron chi connectivity index (χ0n) is 7.51. The van der Waals surface area contributed by atoms with E-state index in [9.17, 15) is 9.18 Å². The van der Waals surface area contributed by atoms with Crippen molar-refractivity contribution in [3.05, 3.63) is 34.1 Å². The summed E-state index contributed by atoms with van der Waals surface area (Å²) < 4.78 is 18.2. The standard InChI is InChI=1S/C9H9BrFNO2/c1-14-9(13)12-5-6-2-3-7(10)4-8(6)11/h2-4H,5H2,1H3,(H,12,13). The van der Waals surface area contributed by atoms with Crippen molar-refractivity contribution in [2.75, 3.05) is 7.11 Å². The van der Waals surface area contributed by atoms with Crippen LogP contribution in [0.2, 0.25) is 0 Å². The van der Waals surface area contributed by atoms with E-state index in [1.165, 1.54) is 13.2 Å². The molecule has 0 spiro atoms. The van der Waals surface area contributed by atoms with Gasteiger partial charge in [-0.1, -0.05) is 22.0 Å². The highest BCUT2D eigenvalue weighted by molar-refractivity contribution is 9.10. The van der Waals surface area contributed by atoms with Crippen LogP contribution in [0.5, 0.6) is 0 Å². The lowest BCUT2D eigenvalue weighted by molar-refractivity contribution is 0.170. The van der Waals surface area contributed by atoms with Crippen LogP contribution in [-0.4, -0.2) is 13.2 Å². The van der Waals surface area contributed by atoms with E-state index in [4.69, 9.17) is 0 Å². The lowest BCUT2D eigenvalue weighted by atomic mass is 10.2. The van der Waals surface area contributed by atoms with Gasteiger partial charge in [-0.25, -0.2) is 9.18 Å². The number of hydrogen-bond donors (Lipinski definition) is 1. The molecule has 0 saturated carbocycles. The van der Waals surface area contributed by atoms with Crippen molar-refractivity contribution in [1.82, 2.24) is 5.32 Å². The van der Waals surface area contributed by atoms with Crippen molar-refractivity contribution >= 4 is 22.0 Å². The normalized spacial score (nSPS) is 9.64. The molecule has 14 heavy (non-hydrogen) atoms. The van der Waals surface area contributed by atoms with Gasteiger partial charge in [-0.05, 0) is 12.1 Å². The maximum absolute atomic E-state index is 13.2. The van der Waals surface area contributed by atoms with Crippen molar-refractivity contribution in [3.8, 4) is 0 Å². The number of ether oxygens (including phenoxy) is 1. The Morgan fingerprint density at radius 3 is 2.93 bits per heavy atom. The van der Waals surface area contributed by atoms with Gasteiger partial charge in [-0.2, -0.15) is 0 Å². The van der Waals surface area contributed by atoms with Gasteiger partial charge in [0.25, 0.3) is 0 Å². The first-order valence-electron chi connectivity index (χ1n) is 3.89. The second-order valence-electron chi connectivity index (χ2n) is 2.58. The largest absolute Gasteiger partial charge is 0.453 e. The van der Waals surface area contributed by atoms with E-state index in [2.05, 4.69) is 26.0 Å². The molecule has 0 saturated heterocycles. The Morgan fingerprint density at radius 1 is 1.64 bits per heavy atom. The summed E-state index contributed by atoms with van der Waals surface area (Å²) in [5.74, 6) is -0.365. The zero-order chi connectivity index (χ0) is 10.6. The molecule has 0 fully saturated rings. The summed E-state index contributed by atoms with van der Waals surface area (Å²) in [4.78, 5) is 10.7. The van der Waals surface area contributed by atoms with Crippen molar-refractivity contribution in [1.29, 1.82) is 0 Å². The fourth-order valence-electron chi connectivity index (χ4n) is 0.905. The Bertz CT molecular complexity index is 344. The van der Waals surface area contributed by atoms with E-state index in [-0.39, 0.29) is 12.4 Å². The van der Waals surface area contributed by atoms with Gasteiger partial charge in [0.05, 0.1) is 7.11 Å². The van der Waals surface area contributed by atoms with Gasteiger partial charge in [-0.3, -0.25) is 0 Å². The summed E-state index contributed by atoms with van der Waals surface area (Å²) in [5.41, 5.74) is 0.415. The zero-order valence-corrected chi connectivity index (χ0v) is 9.10. The fraction of sp³-hybridized carbons (Fsp3) is 0.222. The average molecular weight is 262 g/mol. The Balaban J connectivity index is 2.63. The predicted molar refractivity (Wildman–Crippen MR) is 53.3 cm³/mol. The maximum Gasteiger partial charge on any atom is 0.407 e. The van der Waals surface area contributed by atoms with Crippen molar-refractivity contribution < 1.29 is 13.9 Å². The number of nitrogens with one attached hydrogen (secondary N) is 1. The first-order chi connectivity index (χ1) is 6.63. The first-order valence-corrected chi connectivity index (χ1v) is 4.68. The quantitative estimate of drug-likeness (QED) is 0.888. The number of alkyl carbamates (subject to hydrolysis) is 1. The minimum absolute atomic E-state index is 0.117. The third-order valence-electron chi connectivity index (χ3n) is 1.62. The number of halogens is 2. The summed E-state index contributed by atoms with van der Waals surface area (Å²) in [6.07, 6.45) is -0.577. The van der Waals surface area contributed by atoms with Gasteiger partial charge in [0.15, 0.2) is 0 Å². The smallest absolute Gasteiger partial charge is 0.407 e. The summed E-state index contributed by atoms with van der Waals surface area (Å²) in [6, 6.07) is 4.64. The highest BCUT2D eigenvalue weighted by atomic mass is 79.9. The van der Waals surface area contributed by atoms with Crippen molar-refractivity contribution in [2.24, 2.45) is 0 Å². The van der Waals surface area contributed by atoms with Crippen LogP contribution in [0.1, 0.15) is 5.56 Å². The molecular weight excluding hydrogens is 253 g/mol.